The summed E-state index contributed by atoms with van der Waals surface area (Å²) in [6, 6.07) is 3.41. The number of furan rings is 1. The van der Waals surface area contributed by atoms with Gasteiger partial charge < -0.3 is 20.7 Å². The van der Waals surface area contributed by atoms with E-state index in [-0.39, 0.29) is 6.04 Å². The molecule has 0 aromatic carbocycles. The summed E-state index contributed by atoms with van der Waals surface area (Å²) in [5.74, 6) is -2.07. The van der Waals surface area contributed by atoms with Gasteiger partial charge in [0, 0.05) is 19.0 Å². The maximum Gasteiger partial charge on any atom is 0.400 e. The van der Waals surface area contributed by atoms with Crippen molar-refractivity contribution in [1.82, 2.24) is 5.32 Å². The molecule has 0 fully saturated rings. The van der Waals surface area contributed by atoms with Gasteiger partial charge in [0.25, 0.3) is 0 Å². The average molecular weight is 293 g/mol. The molecule has 0 aliphatic rings. The van der Waals surface area contributed by atoms with Gasteiger partial charge in [-0.2, -0.15) is 13.2 Å². The molecule has 1 rings (SSSR count). The van der Waals surface area contributed by atoms with Gasteiger partial charge in [0.05, 0.1) is 6.26 Å². The van der Waals surface area contributed by atoms with Crippen LogP contribution in [0.15, 0.2) is 28.0 Å². The summed E-state index contributed by atoms with van der Waals surface area (Å²) >= 11 is 0. The Balaban J connectivity index is 2.42. The number of alkyl halides is 3. The Morgan fingerprint density at radius 1 is 1.55 bits per heavy atom. The molecule has 114 valence electrons. The van der Waals surface area contributed by atoms with Gasteiger partial charge in [-0.05, 0) is 25.5 Å². The first-order valence-electron chi connectivity index (χ1n) is 6.14. The quantitative estimate of drug-likeness (QED) is 0.311. The molecule has 2 unspecified atom stereocenters. The van der Waals surface area contributed by atoms with Crippen molar-refractivity contribution in [3.05, 3.63) is 24.2 Å². The van der Waals surface area contributed by atoms with E-state index >= 15 is 0 Å². The Kier molecular flexibility index (Phi) is 5.87. The van der Waals surface area contributed by atoms with E-state index in [1.165, 1.54) is 0 Å². The van der Waals surface area contributed by atoms with Crippen LogP contribution in [0.2, 0.25) is 0 Å². The minimum absolute atomic E-state index is 0.156. The highest BCUT2D eigenvalue weighted by Gasteiger charge is 2.42. The zero-order valence-electron chi connectivity index (χ0n) is 11.0. The van der Waals surface area contributed by atoms with Gasteiger partial charge in [-0.15, -0.1) is 0 Å². The third-order valence-corrected chi connectivity index (χ3v) is 2.94. The van der Waals surface area contributed by atoms with E-state index in [4.69, 9.17) is 15.4 Å². The molecule has 1 aromatic rings. The van der Waals surface area contributed by atoms with Gasteiger partial charge in [-0.3, -0.25) is 0 Å². The lowest BCUT2D eigenvalue weighted by molar-refractivity contribution is -0.155. The summed E-state index contributed by atoms with van der Waals surface area (Å²) in [4.78, 5) is 0. The van der Waals surface area contributed by atoms with E-state index in [9.17, 15) is 13.2 Å². The van der Waals surface area contributed by atoms with Crippen molar-refractivity contribution in [2.24, 2.45) is 16.8 Å². The lowest BCUT2D eigenvalue weighted by Gasteiger charge is -2.21. The first-order chi connectivity index (χ1) is 9.34. The van der Waals surface area contributed by atoms with Crippen molar-refractivity contribution in [1.29, 1.82) is 0 Å². The maximum atomic E-state index is 12.7. The van der Waals surface area contributed by atoms with Crippen molar-refractivity contribution in [3.63, 3.8) is 0 Å². The van der Waals surface area contributed by atoms with E-state index < -0.39 is 24.5 Å². The van der Waals surface area contributed by atoms with E-state index in [1.807, 2.05) is 6.07 Å². The second-order valence-corrected chi connectivity index (χ2v) is 4.55. The molecule has 0 bridgehead atoms. The molecule has 1 aromatic heterocycles. The monoisotopic (exact) mass is 293 g/mol. The smallest absolute Gasteiger partial charge is 0.400 e. The SMILES string of the molecule is CC(CCc1ccco1)NCC(/C(N)=N/O)C(F)(F)F. The molecule has 0 aliphatic heterocycles. The van der Waals surface area contributed by atoms with Gasteiger partial charge in [-0.25, -0.2) is 0 Å². The number of hydrogen-bond acceptors (Lipinski definition) is 4. The van der Waals surface area contributed by atoms with Crippen molar-refractivity contribution < 1.29 is 22.8 Å². The van der Waals surface area contributed by atoms with Gasteiger partial charge >= 0.3 is 6.18 Å². The minimum Gasteiger partial charge on any atom is -0.469 e. The lowest BCUT2D eigenvalue weighted by Crippen LogP contribution is -2.44. The zero-order valence-corrected chi connectivity index (χ0v) is 11.0. The molecule has 5 nitrogen and oxygen atoms in total. The summed E-state index contributed by atoms with van der Waals surface area (Å²) in [5.41, 5.74) is 5.07. The number of nitrogens with two attached hydrogens (primary N) is 1. The molecule has 2 atom stereocenters. The number of nitrogens with zero attached hydrogens (tertiary/aromatic N) is 1. The largest absolute Gasteiger partial charge is 0.469 e. The molecular formula is C12H18F3N3O2. The molecule has 20 heavy (non-hydrogen) atoms. The van der Waals surface area contributed by atoms with Crippen molar-refractivity contribution in [2.45, 2.75) is 32.0 Å². The van der Waals surface area contributed by atoms with E-state index in [1.54, 1.807) is 19.3 Å². The first-order valence-corrected chi connectivity index (χ1v) is 6.14. The van der Waals surface area contributed by atoms with E-state index in [0.717, 1.165) is 5.76 Å². The van der Waals surface area contributed by atoms with Crippen LogP contribution in [0.3, 0.4) is 0 Å². The Bertz CT molecular complexity index is 418. The van der Waals surface area contributed by atoms with Gasteiger partial charge in [0.15, 0.2) is 5.84 Å². The Labute approximate surface area is 114 Å². The van der Waals surface area contributed by atoms with Crippen LogP contribution in [0.25, 0.3) is 0 Å². The molecule has 4 N–H and O–H groups in total. The topological polar surface area (TPSA) is 83.8 Å². The average Bonchev–Trinajstić information content (AvgIpc) is 2.87. The van der Waals surface area contributed by atoms with Crippen LogP contribution in [0, 0.1) is 5.92 Å². The number of aryl methyl sites for hydroxylation is 1. The summed E-state index contributed by atoms with van der Waals surface area (Å²) in [7, 11) is 0. The highest BCUT2D eigenvalue weighted by molar-refractivity contribution is 5.83. The van der Waals surface area contributed by atoms with Crippen LogP contribution >= 0.6 is 0 Å². The molecule has 0 amide bonds. The van der Waals surface area contributed by atoms with Crippen LogP contribution in [0.1, 0.15) is 19.1 Å². The third-order valence-electron chi connectivity index (χ3n) is 2.94. The van der Waals surface area contributed by atoms with E-state index in [0.29, 0.717) is 12.8 Å². The zero-order chi connectivity index (χ0) is 15.2. The number of amidine groups is 1. The molecule has 0 saturated heterocycles. The standard InChI is InChI=1S/C12H18F3N3O2/c1-8(4-5-9-3-2-6-20-9)17-7-10(11(16)18-19)12(13,14)15/h2-3,6,8,10,17,19H,4-5,7H2,1H3,(H2,16,18). The third kappa shape index (κ3) is 5.12. The fourth-order valence-corrected chi connectivity index (χ4v) is 1.69. The molecule has 0 radical (unpaired) electrons. The van der Waals surface area contributed by atoms with Crippen molar-refractivity contribution in [2.75, 3.05) is 6.54 Å². The van der Waals surface area contributed by atoms with Crippen LogP contribution in [-0.4, -0.2) is 29.8 Å². The number of hydrogen-bond donors (Lipinski definition) is 3. The molecule has 0 saturated carbocycles. The van der Waals surface area contributed by atoms with Crippen LogP contribution in [0.5, 0.6) is 0 Å². The predicted octanol–water partition coefficient (Wildman–Crippen LogP) is 2.12. The van der Waals surface area contributed by atoms with Gasteiger partial charge in [0.2, 0.25) is 0 Å². The Morgan fingerprint density at radius 2 is 2.25 bits per heavy atom. The molecular weight excluding hydrogens is 275 g/mol. The summed E-state index contributed by atoms with van der Waals surface area (Å²) in [6.07, 6.45) is -1.76. The Morgan fingerprint density at radius 3 is 2.75 bits per heavy atom. The van der Waals surface area contributed by atoms with Crippen LogP contribution < -0.4 is 11.1 Å². The number of oxime groups is 1. The maximum absolute atomic E-state index is 12.7. The molecule has 0 aliphatic carbocycles. The van der Waals surface area contributed by atoms with Crippen molar-refractivity contribution in [3.8, 4) is 0 Å². The predicted molar refractivity (Wildman–Crippen MR) is 67.4 cm³/mol. The second-order valence-electron chi connectivity index (χ2n) is 4.55. The van der Waals surface area contributed by atoms with Crippen LogP contribution in [0.4, 0.5) is 13.2 Å². The van der Waals surface area contributed by atoms with Crippen LogP contribution in [-0.2, 0) is 6.42 Å². The fourth-order valence-electron chi connectivity index (χ4n) is 1.69. The van der Waals surface area contributed by atoms with E-state index in [2.05, 4.69) is 10.5 Å². The summed E-state index contributed by atoms with van der Waals surface area (Å²) < 4.78 is 43.2. The molecule has 0 spiro atoms. The molecule has 1 heterocycles. The van der Waals surface area contributed by atoms with Crippen molar-refractivity contribution >= 4 is 5.84 Å². The normalized spacial score (nSPS) is 16.1. The first kappa shape index (κ1) is 16.4. The number of nitrogens with one attached hydrogen (secondary N) is 1. The number of rotatable bonds is 7. The second kappa shape index (κ2) is 7.18. The Hall–Kier alpha value is -1.70. The fraction of sp³-hybridized carbons (Fsp3) is 0.583. The number of halogens is 3. The lowest BCUT2D eigenvalue weighted by atomic mass is 10.1. The summed E-state index contributed by atoms with van der Waals surface area (Å²) in [6.45, 7) is 1.33. The summed E-state index contributed by atoms with van der Waals surface area (Å²) in [5, 5.41) is 13.6. The molecule has 8 heteroatoms. The van der Waals surface area contributed by atoms with Gasteiger partial charge in [0.1, 0.15) is 11.7 Å². The highest BCUT2D eigenvalue weighted by Crippen LogP contribution is 2.26. The minimum atomic E-state index is -4.55. The highest BCUT2D eigenvalue weighted by atomic mass is 19.4. The van der Waals surface area contributed by atoms with Gasteiger partial charge in [-0.1, -0.05) is 5.16 Å².